The Morgan fingerprint density at radius 2 is 2.10 bits per heavy atom. The molecule has 0 aliphatic rings. The van der Waals surface area contributed by atoms with Crippen molar-refractivity contribution in [2.75, 3.05) is 31.2 Å². The van der Waals surface area contributed by atoms with Crippen LogP contribution in [0.2, 0.25) is 0 Å². The summed E-state index contributed by atoms with van der Waals surface area (Å²) in [5.41, 5.74) is 7.88. The molecule has 0 fully saturated rings. The zero-order valence-electron chi connectivity index (χ0n) is 12.6. The highest BCUT2D eigenvalue weighted by molar-refractivity contribution is 6.00. The van der Waals surface area contributed by atoms with Crippen molar-refractivity contribution in [3.63, 3.8) is 0 Å². The molecule has 0 saturated heterocycles. The van der Waals surface area contributed by atoms with Crippen molar-refractivity contribution < 1.29 is 0 Å². The molecule has 0 aliphatic carbocycles. The van der Waals surface area contributed by atoms with Gasteiger partial charge in [-0.1, -0.05) is 6.92 Å². The van der Waals surface area contributed by atoms with Crippen molar-refractivity contribution in [1.29, 1.82) is 0 Å². The van der Waals surface area contributed by atoms with E-state index in [0.717, 1.165) is 35.2 Å². The van der Waals surface area contributed by atoms with Crippen LogP contribution in [-0.4, -0.2) is 36.1 Å². The molecule has 1 aromatic carbocycles. The van der Waals surface area contributed by atoms with Crippen LogP contribution in [0.3, 0.4) is 0 Å². The first-order valence-corrected chi connectivity index (χ1v) is 7.19. The van der Waals surface area contributed by atoms with Gasteiger partial charge < -0.3 is 16.0 Å². The summed E-state index contributed by atoms with van der Waals surface area (Å²) in [6.07, 6.45) is 4.80. The molecule has 4 nitrogen and oxygen atoms in total. The highest BCUT2D eigenvalue weighted by Crippen LogP contribution is 2.27. The van der Waals surface area contributed by atoms with Crippen LogP contribution in [-0.2, 0) is 0 Å². The van der Waals surface area contributed by atoms with Crippen LogP contribution < -0.4 is 11.1 Å². The highest BCUT2D eigenvalue weighted by atomic mass is 15.1. The first-order valence-electron chi connectivity index (χ1n) is 7.19. The van der Waals surface area contributed by atoms with Gasteiger partial charge in [0.15, 0.2) is 0 Å². The number of nitrogens with two attached hydrogens (primary N) is 1. The Bertz CT molecular complexity index is 567. The molecule has 1 heterocycles. The van der Waals surface area contributed by atoms with Crippen molar-refractivity contribution in [3.05, 3.63) is 30.6 Å². The molecule has 1 atom stereocenters. The number of nitrogens with one attached hydrogen (secondary N) is 1. The molecule has 0 bridgehead atoms. The predicted octanol–water partition coefficient (Wildman–Crippen LogP) is 2.96. The molecule has 4 heteroatoms. The van der Waals surface area contributed by atoms with E-state index < -0.39 is 0 Å². The number of likely N-dealkylation sites (N-methyl/N-ethyl adjacent to an activating group) is 1. The maximum absolute atomic E-state index is 5.98. The molecule has 0 spiro atoms. The van der Waals surface area contributed by atoms with Gasteiger partial charge in [-0.3, -0.25) is 4.98 Å². The fourth-order valence-corrected chi connectivity index (χ4v) is 2.27. The predicted molar refractivity (Wildman–Crippen MR) is 87.0 cm³/mol. The number of hydrogen-bond donors (Lipinski definition) is 2. The van der Waals surface area contributed by atoms with Gasteiger partial charge in [0.1, 0.15) is 0 Å². The number of aromatic nitrogens is 1. The summed E-state index contributed by atoms with van der Waals surface area (Å²) in [5.74, 6) is 0. The summed E-state index contributed by atoms with van der Waals surface area (Å²) in [4.78, 5) is 6.51. The van der Waals surface area contributed by atoms with Crippen LogP contribution in [0.1, 0.15) is 20.3 Å². The summed E-state index contributed by atoms with van der Waals surface area (Å²) in [5, 5.41) is 5.64. The third kappa shape index (κ3) is 3.20. The average Bonchev–Trinajstić information content (AvgIpc) is 2.49. The average molecular weight is 272 g/mol. The fourth-order valence-electron chi connectivity index (χ4n) is 2.27. The normalized spacial score (nSPS) is 12.8. The lowest BCUT2D eigenvalue weighted by Gasteiger charge is -2.23. The molecule has 1 aromatic heterocycles. The standard InChI is InChI=1S/C16H24N4/c1-4-12(2)20(3)10-9-19-16-6-5-15(17)14-11-18-8-7-13(14)16/h5-8,11-12,19H,4,9-10,17H2,1-3H3. The van der Waals surface area contributed by atoms with E-state index in [1.54, 1.807) is 6.20 Å². The minimum atomic E-state index is 0.615. The highest BCUT2D eigenvalue weighted by Gasteiger charge is 2.07. The van der Waals surface area contributed by atoms with E-state index in [1.807, 2.05) is 24.4 Å². The van der Waals surface area contributed by atoms with Crippen LogP contribution in [0, 0.1) is 0 Å². The summed E-state index contributed by atoms with van der Waals surface area (Å²) in [6, 6.07) is 6.60. The van der Waals surface area contributed by atoms with Gasteiger partial charge in [0.2, 0.25) is 0 Å². The van der Waals surface area contributed by atoms with E-state index in [0.29, 0.717) is 6.04 Å². The van der Waals surface area contributed by atoms with Crippen LogP contribution in [0.5, 0.6) is 0 Å². The first-order chi connectivity index (χ1) is 9.63. The third-order valence-electron chi connectivity index (χ3n) is 3.98. The number of rotatable bonds is 6. The number of anilines is 2. The topological polar surface area (TPSA) is 54.2 Å². The monoisotopic (exact) mass is 272 g/mol. The van der Waals surface area contributed by atoms with E-state index in [9.17, 15) is 0 Å². The molecule has 20 heavy (non-hydrogen) atoms. The Hall–Kier alpha value is -1.81. The lowest BCUT2D eigenvalue weighted by Crippen LogP contribution is -2.32. The van der Waals surface area contributed by atoms with E-state index in [4.69, 9.17) is 5.73 Å². The molecule has 2 rings (SSSR count). The molecule has 0 saturated carbocycles. The van der Waals surface area contributed by atoms with Crippen LogP contribution in [0.4, 0.5) is 11.4 Å². The zero-order valence-corrected chi connectivity index (χ0v) is 12.6. The quantitative estimate of drug-likeness (QED) is 0.794. The fraction of sp³-hybridized carbons (Fsp3) is 0.438. The second kappa shape index (κ2) is 6.57. The van der Waals surface area contributed by atoms with Crippen LogP contribution in [0.15, 0.2) is 30.6 Å². The Kier molecular flexibility index (Phi) is 4.79. The van der Waals surface area contributed by atoms with Gasteiger partial charge in [-0.25, -0.2) is 0 Å². The second-order valence-corrected chi connectivity index (χ2v) is 5.29. The number of pyridine rings is 1. The summed E-state index contributed by atoms with van der Waals surface area (Å²) < 4.78 is 0. The summed E-state index contributed by atoms with van der Waals surface area (Å²) >= 11 is 0. The summed E-state index contributed by atoms with van der Waals surface area (Å²) in [6.45, 7) is 6.41. The number of benzene rings is 1. The number of hydrogen-bond acceptors (Lipinski definition) is 4. The molecule has 0 amide bonds. The largest absolute Gasteiger partial charge is 0.398 e. The van der Waals surface area contributed by atoms with Crippen molar-refractivity contribution in [2.24, 2.45) is 0 Å². The Labute approximate surface area is 121 Å². The Morgan fingerprint density at radius 1 is 1.30 bits per heavy atom. The van der Waals surface area contributed by atoms with E-state index in [2.05, 4.69) is 36.1 Å². The first kappa shape index (κ1) is 14.6. The van der Waals surface area contributed by atoms with Crippen molar-refractivity contribution in [2.45, 2.75) is 26.3 Å². The lowest BCUT2D eigenvalue weighted by molar-refractivity contribution is 0.261. The SMILES string of the molecule is CCC(C)N(C)CCNc1ccc(N)c2cnccc12. The maximum atomic E-state index is 5.98. The van der Waals surface area contributed by atoms with Gasteiger partial charge in [0, 0.05) is 53.7 Å². The van der Waals surface area contributed by atoms with E-state index in [-0.39, 0.29) is 0 Å². The molecular formula is C16H24N4. The van der Waals surface area contributed by atoms with Gasteiger partial charge in [-0.15, -0.1) is 0 Å². The minimum absolute atomic E-state index is 0.615. The van der Waals surface area contributed by atoms with E-state index in [1.165, 1.54) is 6.42 Å². The minimum Gasteiger partial charge on any atom is -0.398 e. The van der Waals surface area contributed by atoms with Crippen LogP contribution >= 0.6 is 0 Å². The molecule has 0 radical (unpaired) electrons. The van der Waals surface area contributed by atoms with Gasteiger partial charge >= 0.3 is 0 Å². The van der Waals surface area contributed by atoms with Crippen molar-refractivity contribution >= 4 is 22.1 Å². The van der Waals surface area contributed by atoms with Gasteiger partial charge in [0.05, 0.1) is 0 Å². The lowest BCUT2D eigenvalue weighted by atomic mass is 10.1. The Morgan fingerprint density at radius 3 is 2.85 bits per heavy atom. The molecular weight excluding hydrogens is 248 g/mol. The Balaban J connectivity index is 2.06. The molecule has 0 aliphatic heterocycles. The maximum Gasteiger partial charge on any atom is 0.0422 e. The van der Waals surface area contributed by atoms with Crippen molar-refractivity contribution in [1.82, 2.24) is 9.88 Å². The second-order valence-electron chi connectivity index (χ2n) is 5.29. The number of nitrogen functional groups attached to an aromatic ring is 1. The molecule has 1 unspecified atom stereocenters. The van der Waals surface area contributed by atoms with Gasteiger partial charge in [0.25, 0.3) is 0 Å². The van der Waals surface area contributed by atoms with E-state index >= 15 is 0 Å². The number of fused-ring (bicyclic) bond motifs is 1. The zero-order chi connectivity index (χ0) is 14.5. The van der Waals surface area contributed by atoms with Gasteiger partial charge in [-0.2, -0.15) is 0 Å². The van der Waals surface area contributed by atoms with Crippen molar-refractivity contribution in [3.8, 4) is 0 Å². The molecule has 108 valence electrons. The summed E-state index contributed by atoms with van der Waals surface area (Å²) in [7, 11) is 2.17. The molecule has 2 aromatic rings. The van der Waals surface area contributed by atoms with Crippen LogP contribution in [0.25, 0.3) is 10.8 Å². The number of nitrogens with zero attached hydrogens (tertiary/aromatic N) is 2. The third-order valence-corrected chi connectivity index (χ3v) is 3.98. The molecule has 3 N–H and O–H groups in total. The van der Waals surface area contributed by atoms with Gasteiger partial charge in [-0.05, 0) is 38.6 Å². The smallest absolute Gasteiger partial charge is 0.0422 e.